The van der Waals surface area contributed by atoms with E-state index < -0.39 is 0 Å². The van der Waals surface area contributed by atoms with E-state index in [1.165, 1.54) is 6.42 Å². The number of anilines is 2. The second kappa shape index (κ2) is 7.44. The number of aryl methyl sites for hydroxylation is 2. The zero-order valence-corrected chi connectivity index (χ0v) is 15.7. The Morgan fingerprint density at radius 3 is 2.84 bits per heavy atom. The molecule has 4 nitrogen and oxygen atoms in total. The van der Waals surface area contributed by atoms with Gasteiger partial charge in [0.15, 0.2) is 0 Å². The Morgan fingerprint density at radius 1 is 1.32 bits per heavy atom. The molecule has 0 radical (unpaired) electrons. The third-order valence-corrected chi connectivity index (χ3v) is 4.92. The largest absolute Gasteiger partial charge is 0.354 e. The Morgan fingerprint density at radius 2 is 2.12 bits per heavy atom. The average Bonchev–Trinajstić information content (AvgIpc) is 2.57. The molecule has 0 bridgehead atoms. The normalized spacial score (nSPS) is 17.4. The fourth-order valence-corrected chi connectivity index (χ4v) is 3.75. The van der Waals surface area contributed by atoms with Crippen LogP contribution in [0.15, 0.2) is 30.5 Å². The Kier molecular flexibility index (Phi) is 5.28. The van der Waals surface area contributed by atoms with E-state index in [1.54, 1.807) is 12.3 Å². The van der Waals surface area contributed by atoms with Crippen LogP contribution >= 0.6 is 11.6 Å². The van der Waals surface area contributed by atoms with E-state index in [-0.39, 0.29) is 5.91 Å². The number of rotatable bonds is 3. The molecule has 1 fully saturated rings. The third kappa shape index (κ3) is 4.13. The lowest BCUT2D eigenvalue weighted by Gasteiger charge is -2.30. The zero-order valence-electron chi connectivity index (χ0n) is 15.0. The fourth-order valence-electron chi connectivity index (χ4n) is 3.38. The number of likely N-dealkylation sites (tertiary alicyclic amines) is 1. The predicted octanol–water partition coefficient (Wildman–Crippen LogP) is 4.97. The quantitative estimate of drug-likeness (QED) is 0.843. The monoisotopic (exact) mass is 357 g/mol. The van der Waals surface area contributed by atoms with Crippen molar-refractivity contribution in [1.29, 1.82) is 0 Å². The van der Waals surface area contributed by atoms with Crippen LogP contribution in [0.5, 0.6) is 0 Å². The van der Waals surface area contributed by atoms with Gasteiger partial charge in [-0.15, -0.1) is 0 Å². The van der Waals surface area contributed by atoms with E-state index in [2.05, 4.69) is 23.3 Å². The van der Waals surface area contributed by atoms with Gasteiger partial charge in [-0.25, -0.2) is 0 Å². The van der Waals surface area contributed by atoms with Crippen LogP contribution in [0.3, 0.4) is 0 Å². The highest BCUT2D eigenvalue weighted by atomic mass is 35.5. The number of piperidine rings is 1. The minimum Gasteiger partial charge on any atom is -0.354 e. The molecule has 1 amide bonds. The van der Waals surface area contributed by atoms with Crippen LogP contribution in [0, 0.1) is 19.8 Å². The number of halogens is 1. The van der Waals surface area contributed by atoms with Gasteiger partial charge in [-0.05, 0) is 61.9 Å². The first kappa shape index (κ1) is 17.7. The highest BCUT2D eigenvalue weighted by molar-refractivity contribution is 6.33. The van der Waals surface area contributed by atoms with E-state index in [0.717, 1.165) is 42.0 Å². The molecule has 1 aromatic heterocycles. The Hall–Kier alpha value is -2.07. The first-order chi connectivity index (χ1) is 11.9. The van der Waals surface area contributed by atoms with Crippen molar-refractivity contribution < 1.29 is 4.79 Å². The van der Waals surface area contributed by atoms with E-state index in [0.29, 0.717) is 16.6 Å². The molecular weight excluding hydrogens is 334 g/mol. The molecule has 2 heterocycles. The second-order valence-electron chi connectivity index (χ2n) is 6.99. The number of hydrogen-bond acceptors (Lipinski definition) is 3. The smallest absolute Gasteiger partial charge is 0.272 e. The van der Waals surface area contributed by atoms with Gasteiger partial charge in [0.2, 0.25) is 0 Å². The van der Waals surface area contributed by atoms with Gasteiger partial charge >= 0.3 is 0 Å². The van der Waals surface area contributed by atoms with Crippen molar-refractivity contribution >= 4 is 28.9 Å². The maximum atomic E-state index is 12.7. The SMILES string of the molecule is Cc1cc(C)c(Nc2ccnc(C(=O)N3CCCC(C)C3)c2)c(Cl)c1. The molecule has 1 N–H and O–H groups in total. The summed E-state index contributed by atoms with van der Waals surface area (Å²) in [6, 6.07) is 7.66. The summed E-state index contributed by atoms with van der Waals surface area (Å²) in [5, 5.41) is 4.01. The number of pyridine rings is 1. The Bertz CT molecular complexity index is 767. The van der Waals surface area contributed by atoms with Crippen LogP contribution in [0.2, 0.25) is 5.02 Å². The van der Waals surface area contributed by atoms with Gasteiger partial charge in [-0.1, -0.05) is 24.6 Å². The van der Waals surface area contributed by atoms with Crippen LogP contribution in [0.4, 0.5) is 11.4 Å². The lowest BCUT2D eigenvalue weighted by Crippen LogP contribution is -2.39. The van der Waals surface area contributed by atoms with E-state index in [9.17, 15) is 4.79 Å². The number of aromatic nitrogens is 1. The molecule has 2 aromatic rings. The van der Waals surface area contributed by atoms with Gasteiger partial charge in [0.25, 0.3) is 5.91 Å². The summed E-state index contributed by atoms with van der Waals surface area (Å²) in [5.74, 6) is 0.551. The lowest BCUT2D eigenvalue weighted by molar-refractivity contribution is 0.0677. The Labute approximate surface area is 154 Å². The summed E-state index contributed by atoms with van der Waals surface area (Å²) in [7, 11) is 0. The van der Waals surface area contributed by atoms with Crippen molar-refractivity contribution in [3.63, 3.8) is 0 Å². The maximum absolute atomic E-state index is 12.7. The van der Waals surface area contributed by atoms with Gasteiger partial charge in [0.1, 0.15) is 5.69 Å². The number of benzene rings is 1. The molecule has 3 rings (SSSR count). The van der Waals surface area contributed by atoms with Crippen molar-refractivity contribution in [3.05, 3.63) is 52.3 Å². The molecule has 1 unspecified atom stereocenters. The van der Waals surface area contributed by atoms with Gasteiger partial charge in [0.05, 0.1) is 10.7 Å². The van der Waals surface area contributed by atoms with Gasteiger partial charge in [-0.3, -0.25) is 9.78 Å². The first-order valence-corrected chi connectivity index (χ1v) is 9.11. The molecule has 5 heteroatoms. The topological polar surface area (TPSA) is 45.2 Å². The number of nitrogens with zero attached hydrogens (tertiary/aromatic N) is 2. The number of nitrogens with one attached hydrogen (secondary N) is 1. The van der Waals surface area contributed by atoms with Crippen LogP contribution in [0.1, 0.15) is 41.4 Å². The molecule has 0 aliphatic carbocycles. The van der Waals surface area contributed by atoms with Gasteiger partial charge in [0, 0.05) is 25.0 Å². The lowest BCUT2D eigenvalue weighted by atomic mass is 10.00. The predicted molar refractivity (Wildman–Crippen MR) is 103 cm³/mol. The summed E-state index contributed by atoms with van der Waals surface area (Å²) >= 11 is 6.37. The summed E-state index contributed by atoms with van der Waals surface area (Å²) in [6.07, 6.45) is 3.91. The van der Waals surface area contributed by atoms with Crippen molar-refractivity contribution in [2.75, 3.05) is 18.4 Å². The number of amides is 1. The summed E-state index contributed by atoms with van der Waals surface area (Å²) in [6.45, 7) is 7.84. The molecule has 1 aromatic carbocycles. The number of hydrogen-bond donors (Lipinski definition) is 1. The zero-order chi connectivity index (χ0) is 18.0. The van der Waals surface area contributed by atoms with Gasteiger partial charge < -0.3 is 10.2 Å². The highest BCUT2D eigenvalue weighted by Crippen LogP contribution is 2.30. The molecule has 132 valence electrons. The van der Waals surface area contributed by atoms with Crippen molar-refractivity contribution in [2.45, 2.75) is 33.6 Å². The number of carbonyl (C=O) groups is 1. The second-order valence-corrected chi connectivity index (χ2v) is 7.40. The van der Waals surface area contributed by atoms with Crippen LogP contribution in [-0.4, -0.2) is 28.9 Å². The van der Waals surface area contributed by atoms with Crippen molar-refractivity contribution in [3.8, 4) is 0 Å². The van der Waals surface area contributed by atoms with Crippen LogP contribution in [0.25, 0.3) is 0 Å². The van der Waals surface area contributed by atoms with Crippen molar-refractivity contribution in [2.24, 2.45) is 5.92 Å². The minimum absolute atomic E-state index is 0.00178. The molecule has 1 aliphatic heterocycles. The summed E-state index contributed by atoms with van der Waals surface area (Å²) < 4.78 is 0. The standard InChI is InChI=1S/C20H24ClN3O/c1-13-5-4-8-24(12-13)20(25)18-11-16(6-7-22-18)23-19-15(3)9-14(2)10-17(19)21/h6-7,9-11,13H,4-5,8,12H2,1-3H3,(H,22,23). The molecule has 0 spiro atoms. The summed E-state index contributed by atoms with van der Waals surface area (Å²) in [5.41, 5.74) is 4.35. The molecular formula is C20H24ClN3O. The van der Waals surface area contributed by atoms with E-state index >= 15 is 0 Å². The van der Waals surface area contributed by atoms with Crippen LogP contribution in [-0.2, 0) is 0 Å². The fraction of sp³-hybridized carbons (Fsp3) is 0.400. The average molecular weight is 358 g/mol. The minimum atomic E-state index is 0.00178. The molecule has 1 aliphatic rings. The van der Waals surface area contributed by atoms with Gasteiger partial charge in [-0.2, -0.15) is 0 Å². The third-order valence-electron chi connectivity index (χ3n) is 4.62. The van der Waals surface area contributed by atoms with E-state index in [1.807, 2.05) is 30.9 Å². The summed E-state index contributed by atoms with van der Waals surface area (Å²) in [4.78, 5) is 18.9. The van der Waals surface area contributed by atoms with Crippen LogP contribution < -0.4 is 5.32 Å². The Balaban J connectivity index is 1.81. The van der Waals surface area contributed by atoms with Crippen molar-refractivity contribution in [1.82, 2.24) is 9.88 Å². The first-order valence-electron chi connectivity index (χ1n) is 8.73. The maximum Gasteiger partial charge on any atom is 0.272 e. The molecule has 0 saturated carbocycles. The molecule has 1 saturated heterocycles. The molecule has 1 atom stereocenters. The van der Waals surface area contributed by atoms with E-state index in [4.69, 9.17) is 11.6 Å². The number of carbonyl (C=O) groups excluding carboxylic acids is 1. The molecule has 25 heavy (non-hydrogen) atoms. The highest BCUT2D eigenvalue weighted by Gasteiger charge is 2.23.